The first-order chi connectivity index (χ1) is 11.3. The van der Waals surface area contributed by atoms with E-state index in [4.69, 9.17) is 0 Å². The van der Waals surface area contributed by atoms with Gasteiger partial charge in [0.1, 0.15) is 0 Å². The molecule has 1 heterocycles. The average Bonchev–Trinajstić information content (AvgIpc) is 2.75. The van der Waals surface area contributed by atoms with Crippen molar-refractivity contribution in [1.82, 2.24) is 4.90 Å². The molecule has 0 saturated carbocycles. The van der Waals surface area contributed by atoms with E-state index in [1.165, 1.54) is 31.2 Å². The molecule has 1 aromatic carbocycles. The fraction of sp³-hybridized carbons (Fsp3) is 0.267. The summed E-state index contributed by atoms with van der Waals surface area (Å²) in [6, 6.07) is 5.88. The van der Waals surface area contributed by atoms with E-state index >= 15 is 0 Å². The molecule has 0 aliphatic carbocycles. The lowest BCUT2D eigenvalue weighted by atomic mass is 10.1. The van der Waals surface area contributed by atoms with Gasteiger partial charge in [0, 0.05) is 0 Å². The van der Waals surface area contributed by atoms with Gasteiger partial charge in [-0.25, -0.2) is 4.79 Å². The lowest BCUT2D eigenvalue weighted by molar-refractivity contribution is -0.126. The zero-order chi connectivity index (χ0) is 17.9. The van der Waals surface area contributed by atoms with Gasteiger partial charge in [0.15, 0.2) is 0 Å². The lowest BCUT2D eigenvalue weighted by Crippen LogP contribution is -2.31. The van der Waals surface area contributed by atoms with Gasteiger partial charge in [-0.1, -0.05) is 12.1 Å². The fourth-order valence-corrected chi connectivity index (χ4v) is 2.03. The second kappa shape index (κ2) is 6.73. The maximum atomic E-state index is 12.9. The molecule has 6 nitrogen and oxygen atoms in total. The van der Waals surface area contributed by atoms with Gasteiger partial charge < -0.3 is 9.47 Å². The lowest BCUT2D eigenvalue weighted by Gasteiger charge is -2.14. The van der Waals surface area contributed by atoms with E-state index in [-0.39, 0.29) is 17.7 Å². The minimum absolute atomic E-state index is 0.107. The smallest absolute Gasteiger partial charge is 0.434 e. The van der Waals surface area contributed by atoms with Gasteiger partial charge >= 0.3 is 12.3 Å². The van der Waals surface area contributed by atoms with E-state index in [1.54, 1.807) is 0 Å². The van der Waals surface area contributed by atoms with Crippen molar-refractivity contribution in [3.8, 4) is 0 Å². The molecule has 0 bridgehead atoms. The highest BCUT2D eigenvalue weighted by Gasteiger charge is 2.39. The summed E-state index contributed by atoms with van der Waals surface area (Å²) < 4.78 is 47.0. The fourth-order valence-electron chi connectivity index (χ4n) is 2.03. The number of imide groups is 1. The molecule has 0 unspecified atom stereocenters. The first kappa shape index (κ1) is 17.5. The van der Waals surface area contributed by atoms with Crippen LogP contribution >= 0.6 is 0 Å². The molecule has 2 rings (SSSR count). The maximum Gasteiger partial charge on any atom is 0.513 e. The Hall–Kier alpha value is -2.84. The summed E-state index contributed by atoms with van der Waals surface area (Å²) in [7, 11) is 0. The van der Waals surface area contributed by atoms with E-state index < -0.39 is 36.4 Å². The summed E-state index contributed by atoms with van der Waals surface area (Å²) in [5.74, 6) is -3.09. The Kier molecular flexibility index (Phi) is 4.91. The van der Waals surface area contributed by atoms with Crippen LogP contribution in [0.1, 0.15) is 27.6 Å². The van der Waals surface area contributed by atoms with Crippen LogP contribution in [0, 0.1) is 0 Å². The first-order valence-corrected chi connectivity index (χ1v) is 6.83. The second-order valence-electron chi connectivity index (χ2n) is 4.62. The van der Waals surface area contributed by atoms with Crippen LogP contribution in [0.15, 0.2) is 36.1 Å². The summed E-state index contributed by atoms with van der Waals surface area (Å²) >= 11 is 0. The summed E-state index contributed by atoms with van der Waals surface area (Å²) in [6.07, 6.45) is -6.06. The Bertz CT molecular complexity index is 676. The van der Waals surface area contributed by atoms with Crippen LogP contribution in [0.3, 0.4) is 0 Å². The van der Waals surface area contributed by atoms with Gasteiger partial charge in [-0.15, -0.1) is 0 Å². The zero-order valence-corrected chi connectivity index (χ0v) is 12.4. The van der Waals surface area contributed by atoms with Crippen molar-refractivity contribution in [2.45, 2.75) is 13.1 Å². The molecule has 1 aliphatic heterocycles. The van der Waals surface area contributed by atoms with Crippen LogP contribution in [0.2, 0.25) is 0 Å². The molecule has 0 saturated heterocycles. The van der Waals surface area contributed by atoms with Crippen molar-refractivity contribution in [3.63, 3.8) is 0 Å². The van der Waals surface area contributed by atoms with Crippen molar-refractivity contribution in [3.05, 3.63) is 47.2 Å². The Balaban J connectivity index is 2.19. The van der Waals surface area contributed by atoms with Crippen LogP contribution in [-0.4, -0.2) is 42.2 Å². The number of carbonyl (C=O) groups is 3. The molecular weight excluding hydrogens is 331 g/mol. The van der Waals surface area contributed by atoms with Gasteiger partial charge in [0.25, 0.3) is 11.8 Å². The number of nitrogens with zero attached hydrogens (tertiary/aromatic N) is 1. The molecule has 128 valence electrons. The highest BCUT2D eigenvalue weighted by molar-refractivity contribution is 6.21. The molecular formula is C15H12F3NO5. The third kappa shape index (κ3) is 3.55. The SMILES string of the molecule is CCOC(=O)O/C(=C/CN1C(=O)c2ccccc2C1=O)C(F)(F)F. The van der Waals surface area contributed by atoms with Gasteiger partial charge in [-0.05, 0) is 25.1 Å². The number of alkyl halides is 3. The molecule has 1 aliphatic rings. The summed E-state index contributed by atoms with van der Waals surface area (Å²) in [6.45, 7) is 0.542. The van der Waals surface area contributed by atoms with E-state index in [2.05, 4.69) is 9.47 Å². The normalized spacial score (nSPS) is 14.7. The highest BCUT2D eigenvalue weighted by atomic mass is 19.4. The van der Waals surface area contributed by atoms with Crippen LogP contribution in [-0.2, 0) is 9.47 Å². The second-order valence-corrected chi connectivity index (χ2v) is 4.62. The van der Waals surface area contributed by atoms with Crippen LogP contribution in [0.5, 0.6) is 0 Å². The van der Waals surface area contributed by atoms with E-state index in [9.17, 15) is 27.6 Å². The molecule has 0 aromatic heterocycles. The Labute approximate surface area is 134 Å². The number of allylic oxidation sites excluding steroid dienone is 1. The van der Waals surface area contributed by atoms with Crippen molar-refractivity contribution in [2.24, 2.45) is 0 Å². The number of hydrogen-bond donors (Lipinski definition) is 0. The van der Waals surface area contributed by atoms with Gasteiger partial charge in [-0.3, -0.25) is 14.5 Å². The van der Waals surface area contributed by atoms with Crippen molar-refractivity contribution in [1.29, 1.82) is 0 Å². The number of carbonyl (C=O) groups excluding carboxylic acids is 3. The molecule has 0 spiro atoms. The van der Waals surface area contributed by atoms with Crippen LogP contribution < -0.4 is 0 Å². The van der Waals surface area contributed by atoms with Gasteiger partial charge in [0.05, 0.1) is 24.3 Å². The predicted octanol–water partition coefficient (Wildman–Crippen LogP) is 2.90. The quantitative estimate of drug-likeness (QED) is 0.477. The largest absolute Gasteiger partial charge is 0.513 e. The average molecular weight is 343 g/mol. The Morgan fingerprint density at radius 3 is 2.17 bits per heavy atom. The molecule has 0 radical (unpaired) electrons. The summed E-state index contributed by atoms with van der Waals surface area (Å²) in [5.41, 5.74) is 0.214. The molecule has 9 heteroatoms. The Morgan fingerprint density at radius 2 is 1.71 bits per heavy atom. The minimum atomic E-state index is -4.98. The molecule has 2 amide bonds. The van der Waals surface area contributed by atoms with E-state index in [0.717, 1.165) is 0 Å². The van der Waals surface area contributed by atoms with E-state index in [0.29, 0.717) is 11.0 Å². The Morgan fingerprint density at radius 1 is 1.17 bits per heavy atom. The monoisotopic (exact) mass is 343 g/mol. The summed E-state index contributed by atoms with van der Waals surface area (Å²) in [4.78, 5) is 35.8. The standard InChI is InChI=1S/C15H12F3NO5/c1-2-23-14(22)24-11(15(16,17)18)7-8-19-12(20)9-5-3-4-6-10(9)13(19)21/h3-7H,2,8H2,1H3/b11-7+. The molecule has 0 atom stereocenters. The van der Waals surface area contributed by atoms with Crippen LogP contribution in [0.4, 0.5) is 18.0 Å². The number of benzene rings is 1. The topological polar surface area (TPSA) is 72.9 Å². The number of rotatable bonds is 4. The third-order valence-corrected chi connectivity index (χ3v) is 3.07. The number of amides is 2. The molecule has 0 N–H and O–H groups in total. The minimum Gasteiger partial charge on any atom is -0.434 e. The highest BCUT2D eigenvalue weighted by Crippen LogP contribution is 2.28. The van der Waals surface area contributed by atoms with Gasteiger partial charge in [0.2, 0.25) is 5.76 Å². The number of halogens is 3. The predicted molar refractivity (Wildman–Crippen MR) is 74.1 cm³/mol. The van der Waals surface area contributed by atoms with Crippen molar-refractivity contribution < 1.29 is 37.0 Å². The number of fused-ring (bicyclic) bond motifs is 1. The molecule has 1 aromatic rings. The zero-order valence-electron chi connectivity index (χ0n) is 12.4. The first-order valence-electron chi connectivity index (χ1n) is 6.83. The third-order valence-electron chi connectivity index (χ3n) is 3.07. The van der Waals surface area contributed by atoms with Crippen molar-refractivity contribution in [2.75, 3.05) is 13.2 Å². The number of ether oxygens (including phenoxy) is 2. The van der Waals surface area contributed by atoms with Crippen molar-refractivity contribution >= 4 is 18.0 Å². The summed E-state index contributed by atoms with van der Waals surface area (Å²) in [5, 5.41) is 0. The number of hydrogen-bond acceptors (Lipinski definition) is 5. The van der Waals surface area contributed by atoms with Gasteiger partial charge in [-0.2, -0.15) is 13.2 Å². The maximum absolute atomic E-state index is 12.9. The van der Waals surface area contributed by atoms with E-state index in [1.807, 2.05) is 0 Å². The molecule has 24 heavy (non-hydrogen) atoms. The molecule has 0 fully saturated rings. The van der Waals surface area contributed by atoms with Crippen LogP contribution in [0.25, 0.3) is 0 Å².